The lowest BCUT2D eigenvalue weighted by Gasteiger charge is -2.35. The summed E-state index contributed by atoms with van der Waals surface area (Å²) in [5.41, 5.74) is 0.596. The number of halogens is 4. The van der Waals surface area contributed by atoms with E-state index in [1.165, 1.54) is 11.8 Å². The number of nitrogens with zero attached hydrogens (tertiary/aromatic N) is 5. The second-order valence-electron chi connectivity index (χ2n) is 7.14. The average molecular weight is 482 g/mol. The van der Waals surface area contributed by atoms with Crippen LogP contribution in [-0.4, -0.2) is 57.8 Å². The third kappa shape index (κ3) is 4.56. The highest BCUT2D eigenvalue weighted by Crippen LogP contribution is 2.33. The number of carbonyl (C=O) groups excluding carboxylic acids is 1. The van der Waals surface area contributed by atoms with Crippen molar-refractivity contribution < 1.29 is 18.0 Å². The maximum absolute atomic E-state index is 12.9. The summed E-state index contributed by atoms with van der Waals surface area (Å²) >= 11 is 7.58. The van der Waals surface area contributed by atoms with Gasteiger partial charge in [0.05, 0.1) is 10.6 Å². The van der Waals surface area contributed by atoms with Gasteiger partial charge in [0, 0.05) is 56.0 Å². The summed E-state index contributed by atoms with van der Waals surface area (Å²) in [6, 6.07) is 8.18. The van der Waals surface area contributed by atoms with E-state index in [1.807, 2.05) is 29.2 Å². The fourth-order valence-corrected chi connectivity index (χ4v) is 4.34. The summed E-state index contributed by atoms with van der Waals surface area (Å²) in [4.78, 5) is 24.6. The Hall–Kier alpha value is -2.72. The Morgan fingerprint density at radius 1 is 1.09 bits per heavy atom. The lowest BCUT2D eigenvalue weighted by atomic mass is 10.1. The molecule has 1 fully saturated rings. The van der Waals surface area contributed by atoms with E-state index < -0.39 is 11.7 Å². The van der Waals surface area contributed by atoms with Crippen molar-refractivity contribution in [1.29, 1.82) is 0 Å². The average Bonchev–Trinajstić information content (AvgIpc) is 3.27. The summed E-state index contributed by atoms with van der Waals surface area (Å²) in [5.74, 6) is 0.194. The van der Waals surface area contributed by atoms with E-state index in [9.17, 15) is 18.0 Å². The van der Waals surface area contributed by atoms with Crippen molar-refractivity contribution in [3.63, 3.8) is 0 Å². The predicted molar refractivity (Wildman–Crippen MR) is 118 cm³/mol. The fourth-order valence-electron chi connectivity index (χ4n) is 3.52. The predicted octanol–water partition coefficient (Wildman–Crippen LogP) is 4.62. The van der Waals surface area contributed by atoms with E-state index in [0.29, 0.717) is 37.6 Å². The largest absolute Gasteiger partial charge is 0.417 e. The van der Waals surface area contributed by atoms with Crippen LogP contribution in [0.15, 0.2) is 54.1 Å². The summed E-state index contributed by atoms with van der Waals surface area (Å²) in [7, 11) is 0. The number of hydrogen-bond acceptors (Lipinski definition) is 5. The molecule has 4 rings (SSSR count). The number of carbonyl (C=O) groups is 1. The number of thioether (sulfide) groups is 1. The van der Waals surface area contributed by atoms with Gasteiger partial charge in [0.15, 0.2) is 5.16 Å². The van der Waals surface area contributed by atoms with Gasteiger partial charge in [0.1, 0.15) is 5.82 Å². The molecular formula is C21H19ClF3N5OS. The Morgan fingerprint density at radius 3 is 2.38 bits per heavy atom. The van der Waals surface area contributed by atoms with Crippen molar-refractivity contribution in [3.05, 3.63) is 65.1 Å². The minimum absolute atomic E-state index is 0.0562. The topological polar surface area (TPSA) is 54.3 Å². The number of benzene rings is 1. The minimum Gasteiger partial charge on any atom is -0.352 e. The Morgan fingerprint density at radius 2 is 1.78 bits per heavy atom. The van der Waals surface area contributed by atoms with E-state index in [1.54, 1.807) is 28.1 Å². The maximum Gasteiger partial charge on any atom is 0.417 e. The van der Waals surface area contributed by atoms with Gasteiger partial charge in [-0.25, -0.2) is 9.97 Å². The third-order valence-electron chi connectivity index (χ3n) is 5.20. The molecule has 0 unspecified atom stereocenters. The van der Waals surface area contributed by atoms with E-state index in [0.717, 1.165) is 23.1 Å². The normalized spacial score (nSPS) is 14.7. The zero-order chi connectivity index (χ0) is 22.9. The number of anilines is 1. The summed E-state index contributed by atoms with van der Waals surface area (Å²) in [5, 5.41) is 0.801. The van der Waals surface area contributed by atoms with Crippen molar-refractivity contribution in [1.82, 2.24) is 19.4 Å². The minimum atomic E-state index is -4.50. The van der Waals surface area contributed by atoms with Crippen LogP contribution in [0.1, 0.15) is 15.9 Å². The van der Waals surface area contributed by atoms with Gasteiger partial charge in [-0.05, 0) is 36.6 Å². The van der Waals surface area contributed by atoms with Crippen LogP contribution in [0.5, 0.6) is 0 Å². The zero-order valence-electron chi connectivity index (χ0n) is 17.0. The Balaban J connectivity index is 1.41. The SMILES string of the molecule is CSc1nccn1-c1ccc(C(=O)N2CCN(c3ncc(C(F)(F)F)cc3Cl)CC2)cc1. The van der Waals surface area contributed by atoms with Crippen molar-refractivity contribution in [2.75, 3.05) is 37.3 Å². The zero-order valence-corrected chi connectivity index (χ0v) is 18.6. The van der Waals surface area contributed by atoms with Crippen LogP contribution in [-0.2, 0) is 6.18 Å². The van der Waals surface area contributed by atoms with Crippen LogP contribution in [0.2, 0.25) is 5.02 Å². The number of alkyl halides is 3. The molecule has 11 heteroatoms. The van der Waals surface area contributed by atoms with E-state index in [-0.39, 0.29) is 10.9 Å². The first-order valence-corrected chi connectivity index (χ1v) is 11.3. The molecular weight excluding hydrogens is 463 g/mol. The Bertz CT molecular complexity index is 1110. The molecule has 1 saturated heterocycles. The van der Waals surface area contributed by atoms with Crippen LogP contribution < -0.4 is 4.90 Å². The molecule has 1 aliphatic heterocycles. The first-order chi connectivity index (χ1) is 15.3. The second-order valence-corrected chi connectivity index (χ2v) is 8.32. The highest BCUT2D eigenvalue weighted by atomic mass is 35.5. The molecule has 1 aromatic carbocycles. The Kier molecular flexibility index (Phi) is 6.34. The molecule has 0 aliphatic carbocycles. The van der Waals surface area contributed by atoms with Gasteiger partial charge in [0.2, 0.25) is 0 Å². The standard InChI is InChI=1S/C21H19ClF3N5OS/c1-32-20-26-6-7-30(20)16-4-2-14(3-5-16)19(31)29-10-8-28(9-11-29)18-17(22)12-15(13-27-18)21(23,24)25/h2-7,12-13H,8-11H2,1H3. The van der Waals surface area contributed by atoms with E-state index in [4.69, 9.17) is 11.6 Å². The molecule has 0 radical (unpaired) electrons. The van der Waals surface area contributed by atoms with Crippen molar-refractivity contribution in [3.8, 4) is 5.69 Å². The summed E-state index contributed by atoms with van der Waals surface area (Å²) in [6.07, 6.45) is 1.82. The van der Waals surface area contributed by atoms with Crippen LogP contribution in [0, 0.1) is 0 Å². The molecule has 1 amide bonds. The molecule has 1 aliphatic rings. The van der Waals surface area contributed by atoms with Crippen molar-refractivity contribution in [2.45, 2.75) is 11.3 Å². The van der Waals surface area contributed by atoms with Crippen molar-refractivity contribution >= 4 is 35.1 Å². The quantitative estimate of drug-likeness (QED) is 0.509. The molecule has 0 N–H and O–H groups in total. The summed E-state index contributed by atoms with van der Waals surface area (Å²) in [6.45, 7) is 1.68. The van der Waals surface area contributed by atoms with Gasteiger partial charge >= 0.3 is 6.18 Å². The molecule has 6 nitrogen and oxygen atoms in total. The monoisotopic (exact) mass is 481 g/mol. The number of amides is 1. The number of imidazole rings is 1. The molecule has 0 bridgehead atoms. The lowest BCUT2D eigenvalue weighted by Crippen LogP contribution is -2.49. The maximum atomic E-state index is 12.9. The fraction of sp³-hybridized carbons (Fsp3) is 0.286. The lowest BCUT2D eigenvalue weighted by molar-refractivity contribution is -0.137. The number of rotatable bonds is 4. The number of piperazine rings is 1. The molecule has 2 aromatic heterocycles. The van der Waals surface area contributed by atoms with Gasteiger partial charge in [-0.15, -0.1) is 0 Å². The van der Waals surface area contributed by atoms with Gasteiger partial charge in [-0.2, -0.15) is 13.2 Å². The van der Waals surface area contributed by atoms with Gasteiger partial charge in [-0.3, -0.25) is 9.36 Å². The van der Waals surface area contributed by atoms with Crippen LogP contribution in [0.4, 0.5) is 19.0 Å². The molecule has 168 valence electrons. The van der Waals surface area contributed by atoms with Gasteiger partial charge in [0.25, 0.3) is 5.91 Å². The van der Waals surface area contributed by atoms with Crippen LogP contribution in [0.3, 0.4) is 0 Å². The van der Waals surface area contributed by atoms with E-state index >= 15 is 0 Å². The number of hydrogen-bond donors (Lipinski definition) is 0. The first kappa shape index (κ1) is 22.5. The highest BCUT2D eigenvalue weighted by molar-refractivity contribution is 7.98. The van der Waals surface area contributed by atoms with Crippen LogP contribution in [0.25, 0.3) is 5.69 Å². The molecule has 0 spiro atoms. The number of aromatic nitrogens is 3. The molecule has 0 atom stereocenters. The number of pyridine rings is 1. The second kappa shape index (κ2) is 9.03. The van der Waals surface area contributed by atoms with Crippen LogP contribution >= 0.6 is 23.4 Å². The smallest absolute Gasteiger partial charge is 0.352 e. The van der Waals surface area contributed by atoms with Gasteiger partial charge < -0.3 is 9.80 Å². The van der Waals surface area contributed by atoms with E-state index in [2.05, 4.69) is 9.97 Å². The molecule has 32 heavy (non-hydrogen) atoms. The first-order valence-electron chi connectivity index (χ1n) is 9.72. The highest BCUT2D eigenvalue weighted by Gasteiger charge is 2.32. The van der Waals surface area contributed by atoms with Gasteiger partial charge in [-0.1, -0.05) is 23.4 Å². The molecule has 0 saturated carbocycles. The molecule has 3 aromatic rings. The molecule has 3 heterocycles. The summed E-state index contributed by atoms with van der Waals surface area (Å²) < 4.78 is 40.4. The Labute approximate surface area is 192 Å². The third-order valence-corrected chi connectivity index (χ3v) is 6.14. The van der Waals surface area contributed by atoms with Crippen molar-refractivity contribution in [2.24, 2.45) is 0 Å².